The van der Waals surface area contributed by atoms with Crippen molar-refractivity contribution in [3.05, 3.63) is 48.0 Å². The van der Waals surface area contributed by atoms with Crippen molar-refractivity contribution in [3.8, 4) is 11.5 Å². The fourth-order valence-corrected chi connectivity index (χ4v) is 3.07. The van der Waals surface area contributed by atoms with Gasteiger partial charge in [-0.2, -0.15) is 0 Å². The van der Waals surface area contributed by atoms with Crippen LogP contribution in [0.5, 0.6) is 11.5 Å². The van der Waals surface area contributed by atoms with Gasteiger partial charge in [0.05, 0.1) is 17.7 Å². The Bertz CT molecular complexity index is 936. The summed E-state index contributed by atoms with van der Waals surface area (Å²) in [5.41, 5.74) is 0.642. The minimum atomic E-state index is -3.48. The van der Waals surface area contributed by atoms with E-state index in [1.54, 1.807) is 18.2 Å². The summed E-state index contributed by atoms with van der Waals surface area (Å²) >= 11 is 0. The van der Waals surface area contributed by atoms with Gasteiger partial charge in [0.25, 0.3) is 5.91 Å². The van der Waals surface area contributed by atoms with Gasteiger partial charge in [0.15, 0.2) is 33.7 Å². The number of rotatable bonds is 7. The zero-order chi connectivity index (χ0) is 19.3. The lowest BCUT2D eigenvalue weighted by Crippen LogP contribution is -2.21. The van der Waals surface area contributed by atoms with Crippen molar-refractivity contribution < 1.29 is 27.5 Å². The molecule has 0 aliphatic carbocycles. The first kappa shape index (κ1) is 19.5. The number of Topliss-reactive ketones (excluding diaryl/α,β-unsaturated/α-hetero) is 1. The number of carbonyl (C=O) groups is 2. The molecule has 8 heteroatoms. The average molecular weight is 377 g/mol. The Hall–Kier alpha value is -2.87. The second-order valence-electron chi connectivity index (χ2n) is 5.53. The van der Waals surface area contributed by atoms with Gasteiger partial charge in [-0.1, -0.05) is 12.1 Å². The van der Waals surface area contributed by atoms with Crippen LogP contribution in [-0.2, 0) is 14.6 Å². The molecule has 0 spiro atoms. The minimum Gasteiger partial charge on any atom is -0.493 e. The maximum atomic E-state index is 12.1. The van der Waals surface area contributed by atoms with Gasteiger partial charge in [-0.25, -0.2) is 8.42 Å². The average Bonchev–Trinajstić information content (AvgIpc) is 2.59. The summed E-state index contributed by atoms with van der Waals surface area (Å²) in [7, 11) is -2.05. The predicted octanol–water partition coefficient (Wildman–Crippen LogP) is 2.32. The molecule has 0 bridgehead atoms. The Labute approximate surface area is 151 Å². The second kappa shape index (κ2) is 8.01. The van der Waals surface area contributed by atoms with Gasteiger partial charge in [0, 0.05) is 11.8 Å². The molecule has 7 nitrogen and oxygen atoms in total. The molecule has 0 aromatic heterocycles. The van der Waals surface area contributed by atoms with E-state index in [4.69, 9.17) is 9.47 Å². The molecule has 0 aliphatic heterocycles. The number of para-hydroxylation sites is 1. The van der Waals surface area contributed by atoms with E-state index in [0.29, 0.717) is 17.1 Å². The molecule has 138 valence electrons. The van der Waals surface area contributed by atoms with Crippen LogP contribution in [0.15, 0.2) is 47.4 Å². The number of amides is 1. The van der Waals surface area contributed by atoms with Crippen LogP contribution < -0.4 is 14.8 Å². The number of ketones is 1. The lowest BCUT2D eigenvalue weighted by Gasteiger charge is -2.13. The van der Waals surface area contributed by atoms with Crippen molar-refractivity contribution in [1.82, 2.24) is 0 Å². The van der Waals surface area contributed by atoms with E-state index in [1.807, 2.05) is 0 Å². The third-order valence-electron chi connectivity index (χ3n) is 3.49. The van der Waals surface area contributed by atoms with Gasteiger partial charge in [-0.05, 0) is 37.3 Å². The lowest BCUT2D eigenvalue weighted by molar-refractivity contribution is -0.118. The number of hydrogen-bond donors (Lipinski definition) is 1. The maximum absolute atomic E-state index is 12.1. The number of sulfone groups is 1. The molecular formula is C18H19NO6S. The number of benzene rings is 2. The van der Waals surface area contributed by atoms with Crippen molar-refractivity contribution in [2.45, 2.75) is 11.8 Å². The van der Waals surface area contributed by atoms with E-state index in [0.717, 1.165) is 6.26 Å². The molecule has 2 aromatic carbocycles. The van der Waals surface area contributed by atoms with Crippen molar-refractivity contribution >= 4 is 27.2 Å². The van der Waals surface area contributed by atoms with E-state index in [-0.39, 0.29) is 23.0 Å². The predicted molar refractivity (Wildman–Crippen MR) is 96.7 cm³/mol. The van der Waals surface area contributed by atoms with Crippen molar-refractivity contribution in [3.63, 3.8) is 0 Å². The number of hydrogen-bond acceptors (Lipinski definition) is 6. The number of anilines is 1. The fourth-order valence-electron chi connectivity index (χ4n) is 2.23. The molecule has 0 aliphatic rings. The van der Waals surface area contributed by atoms with Crippen LogP contribution in [0.4, 0.5) is 5.69 Å². The molecule has 1 N–H and O–H groups in total. The molecule has 2 rings (SSSR count). The molecule has 1 amide bonds. The van der Waals surface area contributed by atoms with Gasteiger partial charge in [-0.3, -0.25) is 9.59 Å². The van der Waals surface area contributed by atoms with E-state index < -0.39 is 15.7 Å². The van der Waals surface area contributed by atoms with Crippen LogP contribution in [0.1, 0.15) is 17.3 Å². The molecule has 0 saturated carbocycles. The van der Waals surface area contributed by atoms with Gasteiger partial charge in [0.1, 0.15) is 0 Å². The normalized spacial score (nSPS) is 10.9. The molecule has 0 saturated heterocycles. The number of ether oxygens (including phenoxy) is 2. The molecule has 0 unspecified atom stereocenters. The van der Waals surface area contributed by atoms with Crippen LogP contribution in [0, 0.1) is 0 Å². The van der Waals surface area contributed by atoms with Gasteiger partial charge in [0.2, 0.25) is 0 Å². The zero-order valence-electron chi connectivity index (χ0n) is 14.6. The smallest absolute Gasteiger partial charge is 0.262 e. The SMILES string of the molecule is COc1cc(C(C)=O)ccc1OCC(=O)Nc1ccccc1S(C)(=O)=O. The molecular weight excluding hydrogens is 358 g/mol. The largest absolute Gasteiger partial charge is 0.493 e. The van der Waals surface area contributed by atoms with Crippen LogP contribution >= 0.6 is 0 Å². The summed E-state index contributed by atoms with van der Waals surface area (Å²) in [5, 5.41) is 2.52. The summed E-state index contributed by atoms with van der Waals surface area (Å²) in [6, 6.07) is 10.7. The minimum absolute atomic E-state index is 0.0248. The number of nitrogens with one attached hydrogen (secondary N) is 1. The third kappa shape index (κ3) is 4.82. The molecule has 2 aromatic rings. The highest BCUT2D eigenvalue weighted by molar-refractivity contribution is 7.90. The van der Waals surface area contributed by atoms with E-state index in [1.165, 1.54) is 38.3 Å². The third-order valence-corrected chi connectivity index (χ3v) is 4.64. The van der Waals surface area contributed by atoms with E-state index in [9.17, 15) is 18.0 Å². The van der Waals surface area contributed by atoms with E-state index in [2.05, 4.69) is 5.32 Å². The van der Waals surface area contributed by atoms with Crippen molar-refractivity contribution in [2.75, 3.05) is 25.3 Å². The lowest BCUT2D eigenvalue weighted by atomic mass is 10.1. The summed E-state index contributed by atoms with van der Waals surface area (Å²) < 4.78 is 34.1. The Balaban J connectivity index is 2.10. The van der Waals surface area contributed by atoms with Crippen LogP contribution in [-0.4, -0.2) is 40.1 Å². The van der Waals surface area contributed by atoms with Crippen molar-refractivity contribution in [1.29, 1.82) is 0 Å². The summed E-state index contributed by atoms with van der Waals surface area (Å²) in [6.07, 6.45) is 1.07. The Morgan fingerprint density at radius 3 is 2.38 bits per heavy atom. The van der Waals surface area contributed by atoms with Crippen LogP contribution in [0.25, 0.3) is 0 Å². The fraction of sp³-hybridized carbons (Fsp3) is 0.222. The first-order valence-corrected chi connectivity index (χ1v) is 9.52. The molecule has 0 atom stereocenters. The highest BCUT2D eigenvalue weighted by atomic mass is 32.2. The van der Waals surface area contributed by atoms with Crippen molar-refractivity contribution in [2.24, 2.45) is 0 Å². The standard InChI is InChI=1S/C18H19NO6S/c1-12(20)13-8-9-15(16(10-13)24-2)25-11-18(21)19-14-6-4-5-7-17(14)26(3,22)23/h4-10H,11H2,1-3H3,(H,19,21). The van der Waals surface area contributed by atoms with Gasteiger partial charge in [-0.15, -0.1) is 0 Å². The number of carbonyl (C=O) groups excluding carboxylic acids is 2. The molecule has 26 heavy (non-hydrogen) atoms. The number of methoxy groups -OCH3 is 1. The second-order valence-corrected chi connectivity index (χ2v) is 7.51. The molecule has 0 radical (unpaired) electrons. The van der Waals surface area contributed by atoms with Gasteiger partial charge < -0.3 is 14.8 Å². The monoisotopic (exact) mass is 377 g/mol. The zero-order valence-corrected chi connectivity index (χ0v) is 15.4. The Morgan fingerprint density at radius 2 is 1.77 bits per heavy atom. The quantitative estimate of drug-likeness (QED) is 0.744. The maximum Gasteiger partial charge on any atom is 0.262 e. The first-order valence-electron chi connectivity index (χ1n) is 7.63. The Kier molecular flexibility index (Phi) is 5.99. The van der Waals surface area contributed by atoms with Crippen LogP contribution in [0.2, 0.25) is 0 Å². The highest BCUT2D eigenvalue weighted by Crippen LogP contribution is 2.28. The Morgan fingerprint density at radius 1 is 1.08 bits per heavy atom. The topological polar surface area (TPSA) is 98.8 Å². The summed E-state index contributed by atoms with van der Waals surface area (Å²) in [4.78, 5) is 23.5. The summed E-state index contributed by atoms with van der Waals surface area (Å²) in [5.74, 6) is -0.0325. The van der Waals surface area contributed by atoms with Crippen LogP contribution in [0.3, 0.4) is 0 Å². The molecule has 0 heterocycles. The summed E-state index contributed by atoms with van der Waals surface area (Å²) in [6.45, 7) is 1.08. The first-order chi connectivity index (χ1) is 12.2. The van der Waals surface area contributed by atoms with Gasteiger partial charge >= 0.3 is 0 Å². The van der Waals surface area contributed by atoms with E-state index >= 15 is 0 Å². The highest BCUT2D eigenvalue weighted by Gasteiger charge is 2.15. The molecule has 0 fully saturated rings.